The van der Waals surface area contributed by atoms with Crippen molar-refractivity contribution in [1.29, 1.82) is 0 Å². The molecule has 24 heavy (non-hydrogen) atoms. The number of nitrogens with one attached hydrogen (secondary N) is 1. The zero-order chi connectivity index (χ0) is 16.5. The molecule has 0 aliphatic heterocycles. The maximum atomic E-state index is 13.2. The van der Waals surface area contributed by atoms with E-state index < -0.39 is 0 Å². The molecular formula is C19H30ClFN2O. The summed E-state index contributed by atoms with van der Waals surface area (Å²) in [5, 5.41) is 3.11. The number of halogens is 2. The molecule has 0 aromatic heterocycles. The van der Waals surface area contributed by atoms with Gasteiger partial charge in [-0.05, 0) is 49.9 Å². The monoisotopic (exact) mass is 356 g/mol. The Morgan fingerprint density at radius 3 is 2.33 bits per heavy atom. The van der Waals surface area contributed by atoms with Gasteiger partial charge in [0.2, 0.25) is 5.91 Å². The predicted octanol–water partition coefficient (Wildman–Crippen LogP) is 4.08. The van der Waals surface area contributed by atoms with Crippen LogP contribution in [0.25, 0.3) is 0 Å². The van der Waals surface area contributed by atoms with Gasteiger partial charge in [-0.15, -0.1) is 12.4 Å². The molecule has 3 nitrogen and oxygen atoms in total. The van der Waals surface area contributed by atoms with Crippen LogP contribution in [0.5, 0.6) is 0 Å². The number of hydrogen-bond donors (Lipinski definition) is 2. The predicted molar refractivity (Wildman–Crippen MR) is 98.9 cm³/mol. The highest BCUT2D eigenvalue weighted by Crippen LogP contribution is 2.40. The van der Waals surface area contributed by atoms with Crippen LogP contribution in [0.15, 0.2) is 24.3 Å². The molecule has 0 atom stereocenters. The van der Waals surface area contributed by atoms with Gasteiger partial charge in [-0.25, -0.2) is 4.39 Å². The smallest absolute Gasteiger partial charge is 0.220 e. The third kappa shape index (κ3) is 6.06. The standard InChI is InChI=1S/C19H29FN2O.ClH/c20-17-10-8-16(9-11-17)19(12-4-5-13-19)15-22-18(23)7-3-1-2-6-14-21;/h8-11H,1-7,12-15,21H2,(H,22,23);1H. The van der Waals surface area contributed by atoms with Crippen molar-refractivity contribution in [3.63, 3.8) is 0 Å². The van der Waals surface area contributed by atoms with E-state index >= 15 is 0 Å². The first kappa shape index (κ1) is 20.9. The first-order valence-electron chi connectivity index (χ1n) is 8.89. The topological polar surface area (TPSA) is 55.1 Å². The summed E-state index contributed by atoms with van der Waals surface area (Å²) in [5.74, 6) is -0.0745. The lowest BCUT2D eigenvalue weighted by atomic mass is 9.79. The molecule has 5 heteroatoms. The van der Waals surface area contributed by atoms with Gasteiger partial charge in [0.05, 0.1) is 0 Å². The van der Waals surface area contributed by atoms with Gasteiger partial charge in [0.25, 0.3) is 0 Å². The van der Waals surface area contributed by atoms with Gasteiger partial charge in [0.1, 0.15) is 5.82 Å². The number of carbonyl (C=O) groups is 1. The van der Waals surface area contributed by atoms with Crippen LogP contribution >= 0.6 is 12.4 Å². The second-order valence-electron chi connectivity index (χ2n) is 6.72. The summed E-state index contributed by atoms with van der Waals surface area (Å²) in [4.78, 5) is 12.1. The fraction of sp³-hybridized carbons (Fsp3) is 0.632. The number of unbranched alkanes of at least 4 members (excludes halogenated alkanes) is 3. The zero-order valence-corrected chi connectivity index (χ0v) is 15.2. The summed E-state index contributed by atoms with van der Waals surface area (Å²) in [6.07, 6.45) is 9.19. The Morgan fingerprint density at radius 2 is 1.71 bits per heavy atom. The minimum Gasteiger partial charge on any atom is -0.355 e. The first-order valence-corrected chi connectivity index (χ1v) is 8.89. The highest BCUT2D eigenvalue weighted by Gasteiger charge is 2.35. The number of benzene rings is 1. The molecule has 0 heterocycles. The van der Waals surface area contributed by atoms with E-state index in [1.807, 2.05) is 12.1 Å². The summed E-state index contributed by atoms with van der Waals surface area (Å²) in [6, 6.07) is 6.79. The maximum Gasteiger partial charge on any atom is 0.220 e. The molecular weight excluding hydrogens is 327 g/mol. The van der Waals surface area contributed by atoms with Crippen LogP contribution in [0.2, 0.25) is 0 Å². The van der Waals surface area contributed by atoms with Crippen molar-refractivity contribution >= 4 is 18.3 Å². The van der Waals surface area contributed by atoms with Crippen molar-refractivity contribution in [2.45, 2.75) is 63.2 Å². The third-order valence-corrected chi connectivity index (χ3v) is 5.00. The Bertz CT molecular complexity index is 487. The van der Waals surface area contributed by atoms with Crippen molar-refractivity contribution in [3.05, 3.63) is 35.6 Å². The second kappa shape index (κ2) is 10.7. The van der Waals surface area contributed by atoms with Crippen LogP contribution in [0.4, 0.5) is 4.39 Å². The Hall–Kier alpha value is -1.13. The molecule has 0 radical (unpaired) electrons. The Labute approximate surface area is 151 Å². The van der Waals surface area contributed by atoms with Crippen LogP contribution in [0, 0.1) is 5.82 Å². The lowest BCUT2D eigenvalue weighted by Crippen LogP contribution is -2.39. The highest BCUT2D eigenvalue weighted by molar-refractivity contribution is 5.85. The Balaban J connectivity index is 0.00000288. The van der Waals surface area contributed by atoms with E-state index in [1.165, 1.54) is 25.0 Å². The lowest BCUT2D eigenvalue weighted by Gasteiger charge is -2.30. The summed E-state index contributed by atoms with van der Waals surface area (Å²) in [5.41, 5.74) is 6.61. The van der Waals surface area contributed by atoms with Crippen molar-refractivity contribution in [1.82, 2.24) is 5.32 Å². The number of rotatable bonds is 9. The van der Waals surface area contributed by atoms with Crippen molar-refractivity contribution in [2.75, 3.05) is 13.1 Å². The molecule has 0 bridgehead atoms. The molecule has 0 saturated heterocycles. The van der Waals surface area contributed by atoms with Crippen molar-refractivity contribution in [2.24, 2.45) is 5.73 Å². The third-order valence-electron chi connectivity index (χ3n) is 5.00. The number of amides is 1. The van der Waals surface area contributed by atoms with Gasteiger partial charge < -0.3 is 11.1 Å². The van der Waals surface area contributed by atoms with Gasteiger partial charge in [-0.2, -0.15) is 0 Å². The molecule has 1 aliphatic carbocycles. The Morgan fingerprint density at radius 1 is 1.08 bits per heavy atom. The van der Waals surface area contributed by atoms with Crippen LogP contribution in [0.1, 0.15) is 63.4 Å². The SMILES string of the molecule is Cl.NCCCCCCC(=O)NCC1(c2ccc(F)cc2)CCCC1. The molecule has 1 aromatic carbocycles. The molecule has 1 amide bonds. The maximum absolute atomic E-state index is 13.2. The average Bonchev–Trinajstić information content (AvgIpc) is 3.03. The molecule has 1 fully saturated rings. The minimum atomic E-state index is -0.205. The van der Waals surface area contributed by atoms with E-state index in [9.17, 15) is 9.18 Å². The van der Waals surface area contributed by atoms with Crippen LogP contribution in [-0.4, -0.2) is 19.0 Å². The van der Waals surface area contributed by atoms with Gasteiger partial charge in [-0.3, -0.25) is 4.79 Å². The van der Waals surface area contributed by atoms with E-state index in [4.69, 9.17) is 5.73 Å². The number of hydrogen-bond acceptors (Lipinski definition) is 2. The van der Waals surface area contributed by atoms with E-state index in [2.05, 4.69) is 5.32 Å². The molecule has 1 aliphatic rings. The molecule has 3 N–H and O–H groups in total. The molecule has 0 spiro atoms. The summed E-state index contributed by atoms with van der Waals surface area (Å²) in [7, 11) is 0. The van der Waals surface area contributed by atoms with E-state index in [-0.39, 0.29) is 29.5 Å². The van der Waals surface area contributed by atoms with Gasteiger partial charge in [0.15, 0.2) is 0 Å². The fourth-order valence-electron chi connectivity index (χ4n) is 3.56. The number of nitrogens with two attached hydrogens (primary N) is 1. The van der Waals surface area contributed by atoms with E-state index in [1.54, 1.807) is 0 Å². The Kier molecular flexibility index (Phi) is 9.30. The molecule has 1 aromatic rings. The van der Waals surface area contributed by atoms with Crippen molar-refractivity contribution < 1.29 is 9.18 Å². The van der Waals surface area contributed by atoms with Crippen LogP contribution in [-0.2, 0) is 10.2 Å². The van der Waals surface area contributed by atoms with Gasteiger partial charge in [0, 0.05) is 18.4 Å². The summed E-state index contributed by atoms with van der Waals surface area (Å²) < 4.78 is 13.2. The summed E-state index contributed by atoms with van der Waals surface area (Å²) >= 11 is 0. The first-order chi connectivity index (χ1) is 11.2. The van der Waals surface area contributed by atoms with Gasteiger partial charge >= 0.3 is 0 Å². The molecule has 0 unspecified atom stereocenters. The van der Waals surface area contributed by atoms with Crippen LogP contribution < -0.4 is 11.1 Å². The average molecular weight is 357 g/mol. The largest absolute Gasteiger partial charge is 0.355 e. The second-order valence-corrected chi connectivity index (χ2v) is 6.72. The minimum absolute atomic E-state index is 0. The summed E-state index contributed by atoms with van der Waals surface area (Å²) in [6.45, 7) is 1.40. The molecule has 1 saturated carbocycles. The molecule has 136 valence electrons. The normalized spacial score (nSPS) is 15.8. The fourth-order valence-corrected chi connectivity index (χ4v) is 3.56. The number of carbonyl (C=O) groups excluding carboxylic acids is 1. The molecule has 2 rings (SSSR count). The van der Waals surface area contributed by atoms with Crippen molar-refractivity contribution in [3.8, 4) is 0 Å². The lowest BCUT2D eigenvalue weighted by molar-refractivity contribution is -0.121. The van der Waals surface area contributed by atoms with E-state index in [0.29, 0.717) is 13.0 Å². The zero-order valence-electron chi connectivity index (χ0n) is 14.4. The van der Waals surface area contributed by atoms with E-state index in [0.717, 1.165) is 50.6 Å². The van der Waals surface area contributed by atoms with Gasteiger partial charge in [-0.1, -0.05) is 37.8 Å². The van der Waals surface area contributed by atoms with Crippen LogP contribution in [0.3, 0.4) is 0 Å². The highest BCUT2D eigenvalue weighted by atomic mass is 35.5. The quantitative estimate of drug-likeness (QED) is 0.655.